The van der Waals surface area contributed by atoms with Crippen molar-refractivity contribution >= 4 is 33.2 Å². The minimum absolute atomic E-state index is 0.0886. The van der Waals surface area contributed by atoms with Crippen molar-refractivity contribution in [2.24, 2.45) is 5.92 Å². The van der Waals surface area contributed by atoms with E-state index in [0.717, 1.165) is 0 Å². The number of fused-ring (bicyclic) bond motifs is 1. The van der Waals surface area contributed by atoms with E-state index in [1.807, 2.05) is 25.2 Å². The fourth-order valence-electron chi connectivity index (χ4n) is 2.05. The van der Waals surface area contributed by atoms with E-state index in [1.54, 1.807) is 0 Å². The largest absolute Gasteiger partial charge is 0.350 e. The lowest BCUT2D eigenvalue weighted by Gasteiger charge is -2.13. The molecule has 1 heterocycles. The molecule has 1 unspecified atom stereocenters. The zero-order valence-electron chi connectivity index (χ0n) is 10.3. The van der Waals surface area contributed by atoms with Crippen LogP contribution in [-0.2, 0) is 24.2 Å². The van der Waals surface area contributed by atoms with Gasteiger partial charge < -0.3 is 5.32 Å². The van der Waals surface area contributed by atoms with Gasteiger partial charge in [0.05, 0.1) is 11.4 Å². The maximum absolute atomic E-state index is 11.8. The van der Waals surface area contributed by atoms with Crippen LogP contribution in [0.1, 0.15) is 35.6 Å². The molecule has 94 valence electrons. The first-order chi connectivity index (χ1) is 8.08. The summed E-state index contributed by atoms with van der Waals surface area (Å²) in [4.78, 5) is 14.5. The maximum Gasteiger partial charge on any atom is 0.234 e. The predicted octanol–water partition coefficient (Wildman–Crippen LogP) is 3.27. The molecule has 1 aliphatic rings. The standard InChI is InChI=1S/C13H18BrNOS/c1-8(2)12(14)13(16)15-7-10-6-9-4-3-5-11(9)17-10/h6,8,12H,3-5,7H2,1-2H3,(H,15,16). The van der Waals surface area contributed by atoms with E-state index < -0.39 is 0 Å². The van der Waals surface area contributed by atoms with Crippen LogP contribution >= 0.6 is 27.3 Å². The predicted molar refractivity (Wildman–Crippen MR) is 75.7 cm³/mol. The number of alkyl halides is 1. The van der Waals surface area contributed by atoms with Crippen molar-refractivity contribution in [2.75, 3.05) is 0 Å². The highest BCUT2D eigenvalue weighted by molar-refractivity contribution is 9.10. The molecule has 0 spiro atoms. The number of halogens is 1. The Morgan fingerprint density at radius 3 is 2.94 bits per heavy atom. The molecule has 17 heavy (non-hydrogen) atoms. The average molecular weight is 316 g/mol. The first-order valence-electron chi connectivity index (χ1n) is 6.10. The second-order valence-electron chi connectivity index (χ2n) is 4.88. The van der Waals surface area contributed by atoms with E-state index in [2.05, 4.69) is 27.3 Å². The molecule has 1 amide bonds. The molecule has 0 bridgehead atoms. The van der Waals surface area contributed by atoms with Crippen LogP contribution in [0.15, 0.2) is 6.07 Å². The Balaban J connectivity index is 1.87. The summed E-state index contributed by atoms with van der Waals surface area (Å²) in [7, 11) is 0. The van der Waals surface area contributed by atoms with E-state index in [4.69, 9.17) is 0 Å². The Morgan fingerprint density at radius 2 is 2.29 bits per heavy atom. The minimum atomic E-state index is -0.0886. The number of amides is 1. The normalized spacial score (nSPS) is 16.0. The lowest BCUT2D eigenvalue weighted by Crippen LogP contribution is -2.33. The van der Waals surface area contributed by atoms with Crippen molar-refractivity contribution in [3.05, 3.63) is 21.4 Å². The molecule has 4 heteroatoms. The lowest BCUT2D eigenvalue weighted by atomic mass is 10.1. The van der Waals surface area contributed by atoms with Gasteiger partial charge in [-0.25, -0.2) is 0 Å². The molecule has 1 N–H and O–H groups in total. The minimum Gasteiger partial charge on any atom is -0.350 e. The topological polar surface area (TPSA) is 29.1 Å². The SMILES string of the molecule is CC(C)C(Br)C(=O)NCc1cc2c(s1)CCC2. The second kappa shape index (κ2) is 5.53. The Morgan fingerprint density at radius 1 is 1.53 bits per heavy atom. The third kappa shape index (κ3) is 3.10. The van der Waals surface area contributed by atoms with Gasteiger partial charge in [-0.1, -0.05) is 29.8 Å². The summed E-state index contributed by atoms with van der Waals surface area (Å²) in [5, 5.41) is 2.99. The number of carbonyl (C=O) groups is 1. The summed E-state index contributed by atoms with van der Waals surface area (Å²) in [5.41, 5.74) is 1.50. The lowest BCUT2D eigenvalue weighted by molar-refractivity contribution is -0.121. The average Bonchev–Trinajstić information content (AvgIpc) is 2.84. The van der Waals surface area contributed by atoms with Gasteiger partial charge in [-0.2, -0.15) is 0 Å². The molecule has 0 radical (unpaired) electrons. The van der Waals surface area contributed by atoms with Crippen LogP contribution in [0.25, 0.3) is 0 Å². The van der Waals surface area contributed by atoms with Crippen molar-refractivity contribution in [1.82, 2.24) is 5.32 Å². The number of hydrogen-bond donors (Lipinski definition) is 1. The molecular formula is C13H18BrNOS. The van der Waals surface area contributed by atoms with Gasteiger partial charge in [0.2, 0.25) is 5.91 Å². The number of rotatable bonds is 4. The van der Waals surface area contributed by atoms with Crippen molar-refractivity contribution in [2.45, 2.75) is 44.5 Å². The van der Waals surface area contributed by atoms with E-state index in [9.17, 15) is 4.79 Å². The molecule has 1 atom stereocenters. The van der Waals surface area contributed by atoms with Crippen LogP contribution in [-0.4, -0.2) is 10.7 Å². The molecule has 1 aliphatic carbocycles. The van der Waals surface area contributed by atoms with Gasteiger partial charge in [-0.15, -0.1) is 11.3 Å². The Labute approximate surface area is 115 Å². The van der Waals surface area contributed by atoms with Crippen LogP contribution in [0.4, 0.5) is 0 Å². The van der Waals surface area contributed by atoms with Crippen molar-refractivity contribution in [3.8, 4) is 0 Å². The number of thiophene rings is 1. The molecule has 2 rings (SSSR count). The summed E-state index contributed by atoms with van der Waals surface area (Å²) < 4.78 is 0. The van der Waals surface area contributed by atoms with Crippen molar-refractivity contribution in [1.29, 1.82) is 0 Å². The number of aryl methyl sites for hydroxylation is 2. The second-order valence-corrected chi connectivity index (χ2v) is 7.09. The Hall–Kier alpha value is -0.350. The highest BCUT2D eigenvalue weighted by Gasteiger charge is 2.19. The highest BCUT2D eigenvalue weighted by atomic mass is 79.9. The van der Waals surface area contributed by atoms with Crippen LogP contribution in [0.3, 0.4) is 0 Å². The summed E-state index contributed by atoms with van der Waals surface area (Å²) >= 11 is 5.27. The summed E-state index contributed by atoms with van der Waals surface area (Å²) in [6.45, 7) is 4.75. The molecule has 1 aromatic rings. The molecule has 0 aromatic carbocycles. The van der Waals surface area contributed by atoms with Gasteiger partial charge >= 0.3 is 0 Å². The number of nitrogens with one attached hydrogen (secondary N) is 1. The van der Waals surface area contributed by atoms with E-state index >= 15 is 0 Å². The third-order valence-electron chi connectivity index (χ3n) is 3.07. The quantitative estimate of drug-likeness (QED) is 0.849. The molecule has 2 nitrogen and oxygen atoms in total. The Bertz CT molecular complexity index is 392. The zero-order valence-corrected chi connectivity index (χ0v) is 12.7. The van der Waals surface area contributed by atoms with Gasteiger partial charge in [0.25, 0.3) is 0 Å². The summed E-state index contributed by atoms with van der Waals surface area (Å²) in [5.74, 6) is 0.414. The van der Waals surface area contributed by atoms with E-state index in [1.165, 1.54) is 34.6 Å². The molecule has 0 saturated heterocycles. The fourth-order valence-corrected chi connectivity index (χ4v) is 3.41. The monoisotopic (exact) mass is 315 g/mol. The zero-order chi connectivity index (χ0) is 12.4. The third-order valence-corrected chi connectivity index (χ3v) is 5.78. The molecular weight excluding hydrogens is 298 g/mol. The van der Waals surface area contributed by atoms with Crippen molar-refractivity contribution < 1.29 is 4.79 Å². The van der Waals surface area contributed by atoms with Gasteiger partial charge in [0.1, 0.15) is 0 Å². The molecule has 1 aromatic heterocycles. The smallest absolute Gasteiger partial charge is 0.234 e. The van der Waals surface area contributed by atoms with Crippen molar-refractivity contribution in [3.63, 3.8) is 0 Å². The van der Waals surface area contributed by atoms with Gasteiger partial charge in [-0.3, -0.25) is 4.79 Å². The number of hydrogen-bond acceptors (Lipinski definition) is 2. The van der Waals surface area contributed by atoms with E-state index in [0.29, 0.717) is 12.5 Å². The molecule has 0 saturated carbocycles. The van der Waals surface area contributed by atoms with Crippen LogP contribution in [0, 0.1) is 5.92 Å². The van der Waals surface area contributed by atoms with Crippen LogP contribution in [0.5, 0.6) is 0 Å². The molecule has 0 fully saturated rings. The highest BCUT2D eigenvalue weighted by Crippen LogP contribution is 2.30. The van der Waals surface area contributed by atoms with Gasteiger partial charge in [-0.05, 0) is 36.8 Å². The first-order valence-corrected chi connectivity index (χ1v) is 7.83. The fraction of sp³-hybridized carbons (Fsp3) is 0.615. The number of carbonyl (C=O) groups excluding carboxylic acids is 1. The van der Waals surface area contributed by atoms with Gasteiger partial charge in [0, 0.05) is 9.75 Å². The van der Waals surface area contributed by atoms with E-state index in [-0.39, 0.29) is 10.7 Å². The molecule has 0 aliphatic heterocycles. The Kier molecular flexibility index (Phi) is 4.26. The van der Waals surface area contributed by atoms with Gasteiger partial charge in [0.15, 0.2) is 0 Å². The summed E-state index contributed by atoms with van der Waals surface area (Å²) in [6.07, 6.45) is 3.73. The van der Waals surface area contributed by atoms with Crippen LogP contribution in [0.2, 0.25) is 0 Å². The summed E-state index contributed by atoms with van der Waals surface area (Å²) in [6, 6.07) is 2.26. The maximum atomic E-state index is 11.8. The van der Waals surface area contributed by atoms with Crippen LogP contribution < -0.4 is 5.32 Å². The first kappa shape index (κ1) is 13.1.